The van der Waals surface area contributed by atoms with Gasteiger partial charge in [0.05, 0.1) is 0 Å². The fraction of sp³-hybridized carbons (Fsp3) is 0.562. The third-order valence-electron chi connectivity index (χ3n) is 3.91. The van der Waals surface area contributed by atoms with Crippen molar-refractivity contribution in [3.8, 4) is 0 Å². The summed E-state index contributed by atoms with van der Waals surface area (Å²) < 4.78 is 11.3. The van der Waals surface area contributed by atoms with Gasteiger partial charge >= 0.3 is 0 Å². The van der Waals surface area contributed by atoms with E-state index in [0.29, 0.717) is 17.4 Å². The maximum absolute atomic E-state index is 12.2. The third-order valence-corrected chi connectivity index (χ3v) is 4.65. The van der Waals surface area contributed by atoms with E-state index in [9.17, 15) is 9.00 Å². The Bertz CT molecular complexity index is 493. The molecule has 1 saturated carbocycles. The highest BCUT2D eigenvalue weighted by atomic mass is 32.2. The molecular weight excluding hydrogens is 270 g/mol. The average Bonchev–Trinajstić information content (AvgIpc) is 2.41. The van der Waals surface area contributed by atoms with Crippen LogP contribution in [-0.4, -0.2) is 22.4 Å². The fourth-order valence-corrected chi connectivity index (χ4v) is 3.36. The summed E-state index contributed by atoms with van der Waals surface area (Å²) in [5, 5.41) is 3.12. The van der Waals surface area contributed by atoms with E-state index < -0.39 is 10.8 Å². The van der Waals surface area contributed by atoms with E-state index >= 15 is 0 Å². The quantitative estimate of drug-likeness (QED) is 0.928. The Kier molecular flexibility index (Phi) is 5.35. The second-order valence-electron chi connectivity index (χ2n) is 5.85. The zero-order valence-corrected chi connectivity index (χ0v) is 13.0. The molecule has 2 rings (SSSR count). The molecule has 0 aliphatic heterocycles. The van der Waals surface area contributed by atoms with Crippen molar-refractivity contribution in [1.29, 1.82) is 0 Å². The van der Waals surface area contributed by atoms with Crippen molar-refractivity contribution < 1.29 is 9.00 Å². The van der Waals surface area contributed by atoms with Gasteiger partial charge in [0.25, 0.3) is 5.91 Å². The molecule has 4 heteroatoms. The number of carbonyl (C=O) groups excluding carboxylic acids is 1. The Morgan fingerprint density at radius 2 is 2.00 bits per heavy atom. The number of hydrogen-bond acceptors (Lipinski definition) is 2. The Morgan fingerprint density at radius 3 is 2.65 bits per heavy atom. The summed E-state index contributed by atoms with van der Waals surface area (Å²) in [5.74, 6) is 1.28. The van der Waals surface area contributed by atoms with Crippen molar-refractivity contribution in [3.63, 3.8) is 0 Å². The Balaban J connectivity index is 1.96. The van der Waals surface area contributed by atoms with Crippen molar-refractivity contribution >= 4 is 16.7 Å². The molecule has 1 N–H and O–H groups in total. The number of amides is 1. The SMILES string of the molecule is CC1CCC(NC(=O)c2cccc(CS(C)=O)c2)CC1. The molecule has 1 amide bonds. The Labute approximate surface area is 123 Å². The molecule has 1 fully saturated rings. The summed E-state index contributed by atoms with van der Waals surface area (Å²) in [6.07, 6.45) is 6.21. The van der Waals surface area contributed by atoms with E-state index in [1.807, 2.05) is 24.3 Å². The predicted molar refractivity (Wildman–Crippen MR) is 83.1 cm³/mol. The second-order valence-corrected chi connectivity index (χ2v) is 7.28. The van der Waals surface area contributed by atoms with Crippen molar-refractivity contribution in [3.05, 3.63) is 35.4 Å². The summed E-state index contributed by atoms with van der Waals surface area (Å²) in [6, 6.07) is 7.76. The molecule has 20 heavy (non-hydrogen) atoms. The molecule has 1 aliphatic rings. The van der Waals surface area contributed by atoms with Crippen LogP contribution < -0.4 is 5.32 Å². The first kappa shape index (κ1) is 15.2. The standard InChI is InChI=1S/C16H23NO2S/c1-12-6-8-15(9-7-12)17-16(18)14-5-3-4-13(10-14)11-20(2)19/h3-5,10,12,15H,6-9,11H2,1-2H3,(H,17,18). The molecular formula is C16H23NO2S. The molecule has 0 bridgehead atoms. The maximum atomic E-state index is 12.2. The number of rotatable bonds is 4. The van der Waals surface area contributed by atoms with Crippen molar-refractivity contribution in [1.82, 2.24) is 5.32 Å². The minimum Gasteiger partial charge on any atom is -0.349 e. The van der Waals surface area contributed by atoms with Crippen LogP contribution in [-0.2, 0) is 16.6 Å². The van der Waals surface area contributed by atoms with Gasteiger partial charge in [-0.25, -0.2) is 0 Å². The van der Waals surface area contributed by atoms with Crippen LogP contribution in [0.15, 0.2) is 24.3 Å². The van der Waals surface area contributed by atoms with Gasteiger partial charge in [0.2, 0.25) is 0 Å². The lowest BCUT2D eigenvalue weighted by atomic mass is 9.87. The zero-order valence-electron chi connectivity index (χ0n) is 12.2. The number of hydrogen-bond donors (Lipinski definition) is 1. The van der Waals surface area contributed by atoms with Crippen LogP contribution in [0.4, 0.5) is 0 Å². The molecule has 1 aliphatic carbocycles. The molecule has 0 aromatic heterocycles. The molecule has 110 valence electrons. The smallest absolute Gasteiger partial charge is 0.251 e. The van der Waals surface area contributed by atoms with Gasteiger partial charge in [-0.1, -0.05) is 19.1 Å². The first-order valence-electron chi connectivity index (χ1n) is 7.24. The van der Waals surface area contributed by atoms with Crippen LogP contribution in [0.1, 0.15) is 48.5 Å². The van der Waals surface area contributed by atoms with Crippen LogP contribution in [0.25, 0.3) is 0 Å². The minimum absolute atomic E-state index is 0.00621. The van der Waals surface area contributed by atoms with Gasteiger partial charge in [-0.15, -0.1) is 0 Å². The van der Waals surface area contributed by atoms with E-state index in [0.717, 1.165) is 24.3 Å². The monoisotopic (exact) mass is 293 g/mol. The Hall–Kier alpha value is -1.16. The van der Waals surface area contributed by atoms with Crippen molar-refractivity contribution in [2.24, 2.45) is 5.92 Å². The number of nitrogens with one attached hydrogen (secondary N) is 1. The van der Waals surface area contributed by atoms with Gasteiger partial charge in [-0.2, -0.15) is 0 Å². The van der Waals surface area contributed by atoms with Crippen molar-refractivity contribution in [2.75, 3.05) is 6.26 Å². The molecule has 1 aromatic carbocycles. The van der Waals surface area contributed by atoms with Gasteiger partial charge in [0.1, 0.15) is 0 Å². The lowest BCUT2D eigenvalue weighted by Crippen LogP contribution is -2.37. The maximum Gasteiger partial charge on any atom is 0.251 e. The molecule has 3 nitrogen and oxygen atoms in total. The van der Waals surface area contributed by atoms with Gasteiger partial charge in [-0.3, -0.25) is 9.00 Å². The summed E-state index contributed by atoms with van der Waals surface area (Å²) in [4.78, 5) is 12.2. The topological polar surface area (TPSA) is 46.2 Å². The summed E-state index contributed by atoms with van der Waals surface area (Å²) in [7, 11) is -0.880. The van der Waals surface area contributed by atoms with Crippen LogP contribution in [0.2, 0.25) is 0 Å². The largest absolute Gasteiger partial charge is 0.349 e. The number of benzene rings is 1. The molecule has 1 unspecified atom stereocenters. The first-order valence-corrected chi connectivity index (χ1v) is 8.97. The second kappa shape index (κ2) is 7.02. The zero-order chi connectivity index (χ0) is 14.5. The van der Waals surface area contributed by atoms with Crippen LogP contribution in [0.5, 0.6) is 0 Å². The lowest BCUT2D eigenvalue weighted by molar-refractivity contribution is 0.0923. The normalized spacial score (nSPS) is 24.1. The average molecular weight is 293 g/mol. The molecule has 0 heterocycles. The minimum atomic E-state index is -0.880. The van der Waals surface area contributed by atoms with E-state index in [4.69, 9.17) is 0 Å². The molecule has 1 aromatic rings. The van der Waals surface area contributed by atoms with Crippen LogP contribution >= 0.6 is 0 Å². The van der Waals surface area contributed by atoms with Gasteiger partial charge in [0, 0.05) is 34.4 Å². The summed E-state index contributed by atoms with van der Waals surface area (Å²) in [6.45, 7) is 2.27. The lowest BCUT2D eigenvalue weighted by Gasteiger charge is -2.26. The predicted octanol–water partition coefficient (Wildman–Crippen LogP) is 2.87. The van der Waals surface area contributed by atoms with E-state index in [1.165, 1.54) is 12.8 Å². The van der Waals surface area contributed by atoms with Gasteiger partial charge in [-0.05, 0) is 49.3 Å². The van der Waals surface area contributed by atoms with E-state index in [2.05, 4.69) is 12.2 Å². The molecule has 0 radical (unpaired) electrons. The highest BCUT2D eigenvalue weighted by molar-refractivity contribution is 7.83. The summed E-state index contributed by atoms with van der Waals surface area (Å²) in [5.41, 5.74) is 1.63. The number of carbonyl (C=O) groups is 1. The molecule has 0 spiro atoms. The van der Waals surface area contributed by atoms with Gasteiger partial charge < -0.3 is 5.32 Å². The molecule has 0 saturated heterocycles. The van der Waals surface area contributed by atoms with E-state index in [1.54, 1.807) is 6.26 Å². The first-order chi connectivity index (χ1) is 9.54. The third kappa shape index (κ3) is 4.44. The Morgan fingerprint density at radius 1 is 1.30 bits per heavy atom. The van der Waals surface area contributed by atoms with Crippen molar-refractivity contribution in [2.45, 2.75) is 44.4 Å². The highest BCUT2D eigenvalue weighted by Gasteiger charge is 2.20. The fourth-order valence-electron chi connectivity index (χ4n) is 2.71. The van der Waals surface area contributed by atoms with Crippen LogP contribution in [0.3, 0.4) is 0 Å². The van der Waals surface area contributed by atoms with Crippen LogP contribution in [0, 0.1) is 5.92 Å². The summed E-state index contributed by atoms with van der Waals surface area (Å²) >= 11 is 0. The molecule has 1 atom stereocenters. The highest BCUT2D eigenvalue weighted by Crippen LogP contribution is 2.23. The van der Waals surface area contributed by atoms with E-state index in [-0.39, 0.29) is 5.91 Å². The van der Waals surface area contributed by atoms with Gasteiger partial charge in [0.15, 0.2) is 0 Å².